The van der Waals surface area contributed by atoms with Gasteiger partial charge in [-0.2, -0.15) is 0 Å². The van der Waals surface area contributed by atoms with Crippen LogP contribution >= 0.6 is 0 Å². The lowest BCUT2D eigenvalue weighted by atomic mass is 9.85. The zero-order valence-electron chi connectivity index (χ0n) is 20.1. The summed E-state index contributed by atoms with van der Waals surface area (Å²) in [5, 5.41) is 0. The SMILES string of the molecule is Nc1nccn2c(C3CCC3)nc(-c3cccc(OC(c4ccccc4)S(=O)(=O)c4ccccc4)c3)c12. The molecule has 1 aliphatic carbocycles. The van der Waals surface area contributed by atoms with Crippen molar-refractivity contribution in [2.75, 3.05) is 5.73 Å². The third-order valence-corrected chi connectivity index (χ3v) is 8.72. The molecule has 0 saturated heterocycles. The second-order valence-electron chi connectivity index (χ2n) is 9.22. The van der Waals surface area contributed by atoms with Crippen LogP contribution in [0.1, 0.15) is 42.0 Å². The number of aromatic nitrogens is 3. The van der Waals surface area contributed by atoms with Crippen LogP contribution in [0, 0.1) is 0 Å². The van der Waals surface area contributed by atoms with Crippen molar-refractivity contribution in [3.05, 3.63) is 109 Å². The fourth-order valence-corrected chi connectivity index (χ4v) is 6.27. The number of anilines is 1. The zero-order chi connectivity index (χ0) is 25.4. The summed E-state index contributed by atoms with van der Waals surface area (Å²) in [5.74, 6) is 2.18. The summed E-state index contributed by atoms with van der Waals surface area (Å²) in [6, 6.07) is 24.7. The van der Waals surface area contributed by atoms with Crippen LogP contribution in [0.2, 0.25) is 0 Å². The molecule has 2 heterocycles. The fourth-order valence-electron chi connectivity index (χ4n) is 4.74. The molecule has 1 aliphatic rings. The first-order chi connectivity index (χ1) is 18.0. The minimum Gasteiger partial charge on any atom is -0.469 e. The number of ether oxygens (including phenoxy) is 1. The van der Waals surface area contributed by atoms with Crippen LogP contribution < -0.4 is 10.5 Å². The van der Waals surface area contributed by atoms with Crippen molar-refractivity contribution in [1.82, 2.24) is 14.4 Å². The first-order valence-corrected chi connectivity index (χ1v) is 13.8. The maximum absolute atomic E-state index is 13.7. The number of hydrogen-bond donors (Lipinski definition) is 1. The van der Waals surface area contributed by atoms with Crippen molar-refractivity contribution in [3.63, 3.8) is 0 Å². The third kappa shape index (κ3) is 4.23. The fraction of sp³-hybridized carbons (Fsp3) is 0.172. The van der Waals surface area contributed by atoms with Crippen molar-refractivity contribution in [1.29, 1.82) is 0 Å². The van der Waals surface area contributed by atoms with Gasteiger partial charge in [0.2, 0.25) is 15.3 Å². The van der Waals surface area contributed by atoms with E-state index in [4.69, 9.17) is 15.5 Å². The third-order valence-electron chi connectivity index (χ3n) is 6.86. The molecule has 0 radical (unpaired) electrons. The normalized spacial score (nSPS) is 14.8. The number of benzene rings is 3. The van der Waals surface area contributed by atoms with Crippen LogP contribution in [0.5, 0.6) is 5.75 Å². The Labute approximate surface area is 215 Å². The predicted molar refractivity (Wildman–Crippen MR) is 143 cm³/mol. The lowest BCUT2D eigenvalue weighted by molar-refractivity contribution is 0.279. The molecule has 0 bridgehead atoms. The van der Waals surface area contributed by atoms with Gasteiger partial charge >= 0.3 is 0 Å². The molecule has 37 heavy (non-hydrogen) atoms. The molecule has 3 aromatic carbocycles. The van der Waals surface area contributed by atoms with Gasteiger partial charge in [0.25, 0.3) is 0 Å². The number of nitrogen functional groups attached to an aromatic ring is 1. The van der Waals surface area contributed by atoms with Crippen LogP contribution in [0.3, 0.4) is 0 Å². The molecule has 1 saturated carbocycles. The van der Waals surface area contributed by atoms with Gasteiger partial charge in [-0.3, -0.25) is 4.40 Å². The summed E-state index contributed by atoms with van der Waals surface area (Å²) in [6.07, 6.45) is 6.97. The topological polar surface area (TPSA) is 99.6 Å². The minimum atomic E-state index is -3.85. The Kier molecular flexibility index (Phi) is 5.88. The highest BCUT2D eigenvalue weighted by molar-refractivity contribution is 7.91. The van der Waals surface area contributed by atoms with Crippen molar-refractivity contribution in [3.8, 4) is 17.0 Å². The van der Waals surface area contributed by atoms with Crippen LogP contribution in [-0.4, -0.2) is 22.8 Å². The molecule has 8 heteroatoms. The Bertz CT molecular complexity index is 1660. The van der Waals surface area contributed by atoms with E-state index in [1.807, 2.05) is 34.9 Å². The van der Waals surface area contributed by atoms with Crippen LogP contribution in [0.25, 0.3) is 16.8 Å². The van der Waals surface area contributed by atoms with Gasteiger partial charge in [-0.05, 0) is 37.1 Å². The number of fused-ring (bicyclic) bond motifs is 1. The van der Waals surface area contributed by atoms with Gasteiger partial charge < -0.3 is 10.5 Å². The van der Waals surface area contributed by atoms with E-state index in [9.17, 15) is 8.42 Å². The number of hydrogen-bond acceptors (Lipinski definition) is 6. The van der Waals surface area contributed by atoms with Crippen molar-refractivity contribution < 1.29 is 13.2 Å². The van der Waals surface area contributed by atoms with Crippen molar-refractivity contribution in [2.45, 2.75) is 35.5 Å². The van der Waals surface area contributed by atoms with Crippen LogP contribution in [0.4, 0.5) is 5.82 Å². The number of rotatable bonds is 7. The molecule has 5 aromatic rings. The standard InChI is InChI=1S/C29H26N4O3S/c30-27-26-25(32-28(20-11-7-12-20)33(26)18-17-31-27)22-13-8-14-23(19-22)36-29(21-9-3-1-4-10-21)37(34,35)24-15-5-2-6-16-24/h1-6,8-10,13-20,29H,7,11-12H2,(H2,30,31). The van der Waals surface area contributed by atoms with E-state index < -0.39 is 15.3 Å². The average Bonchev–Trinajstić information content (AvgIpc) is 3.28. The molecule has 2 aromatic heterocycles. The molecule has 1 fully saturated rings. The summed E-state index contributed by atoms with van der Waals surface area (Å²) in [5.41, 5.74) is 7.87. The molecular weight excluding hydrogens is 484 g/mol. The van der Waals surface area contributed by atoms with Gasteiger partial charge in [-0.1, -0.05) is 67.1 Å². The van der Waals surface area contributed by atoms with E-state index >= 15 is 0 Å². The Hall–Kier alpha value is -4.17. The van der Waals surface area contributed by atoms with Gasteiger partial charge in [0.15, 0.2) is 0 Å². The molecule has 0 amide bonds. The Morgan fingerprint density at radius 1 is 0.946 bits per heavy atom. The summed E-state index contributed by atoms with van der Waals surface area (Å²) in [4.78, 5) is 9.48. The second kappa shape index (κ2) is 9.37. The Balaban J connectivity index is 1.43. The molecule has 6 rings (SSSR count). The predicted octanol–water partition coefficient (Wildman–Crippen LogP) is 5.80. The number of imidazole rings is 1. The maximum atomic E-state index is 13.7. The molecule has 7 nitrogen and oxygen atoms in total. The number of nitrogens with two attached hydrogens (primary N) is 1. The lowest BCUT2D eigenvalue weighted by Gasteiger charge is -2.23. The number of nitrogens with zero attached hydrogens (tertiary/aromatic N) is 3. The monoisotopic (exact) mass is 510 g/mol. The van der Waals surface area contributed by atoms with Gasteiger partial charge in [-0.25, -0.2) is 18.4 Å². The Morgan fingerprint density at radius 2 is 1.68 bits per heavy atom. The lowest BCUT2D eigenvalue weighted by Crippen LogP contribution is -2.19. The molecule has 0 spiro atoms. The second-order valence-corrected chi connectivity index (χ2v) is 11.2. The summed E-state index contributed by atoms with van der Waals surface area (Å²) >= 11 is 0. The first kappa shape index (κ1) is 23.2. The number of sulfone groups is 1. The molecule has 1 unspecified atom stereocenters. The largest absolute Gasteiger partial charge is 0.469 e. The summed E-state index contributed by atoms with van der Waals surface area (Å²) in [7, 11) is -3.85. The molecule has 1 atom stereocenters. The van der Waals surface area contributed by atoms with E-state index in [-0.39, 0.29) is 4.90 Å². The summed E-state index contributed by atoms with van der Waals surface area (Å²) < 4.78 is 35.6. The highest BCUT2D eigenvalue weighted by Crippen LogP contribution is 2.40. The van der Waals surface area contributed by atoms with Crippen molar-refractivity contribution >= 4 is 21.2 Å². The van der Waals surface area contributed by atoms with E-state index in [2.05, 4.69) is 4.98 Å². The summed E-state index contributed by atoms with van der Waals surface area (Å²) in [6.45, 7) is 0. The van der Waals surface area contributed by atoms with E-state index in [1.54, 1.807) is 66.9 Å². The average molecular weight is 511 g/mol. The van der Waals surface area contributed by atoms with Gasteiger partial charge in [0, 0.05) is 29.4 Å². The van der Waals surface area contributed by atoms with Crippen LogP contribution in [0.15, 0.2) is 102 Å². The molecule has 0 aliphatic heterocycles. The van der Waals surface area contributed by atoms with E-state index in [0.29, 0.717) is 28.7 Å². The van der Waals surface area contributed by atoms with Gasteiger partial charge in [0.05, 0.1) is 4.90 Å². The highest BCUT2D eigenvalue weighted by atomic mass is 32.2. The smallest absolute Gasteiger partial charge is 0.228 e. The van der Waals surface area contributed by atoms with E-state index in [1.165, 1.54) is 6.42 Å². The van der Waals surface area contributed by atoms with E-state index in [0.717, 1.165) is 29.7 Å². The van der Waals surface area contributed by atoms with Crippen molar-refractivity contribution in [2.24, 2.45) is 0 Å². The molecule has 186 valence electrons. The highest BCUT2D eigenvalue weighted by Gasteiger charge is 2.31. The first-order valence-electron chi connectivity index (χ1n) is 12.3. The molecular formula is C29H26N4O3S. The van der Waals surface area contributed by atoms with Gasteiger partial charge in [0.1, 0.15) is 28.6 Å². The molecule has 2 N–H and O–H groups in total. The van der Waals surface area contributed by atoms with Crippen LogP contribution in [-0.2, 0) is 9.84 Å². The maximum Gasteiger partial charge on any atom is 0.228 e. The zero-order valence-corrected chi connectivity index (χ0v) is 20.9. The van der Waals surface area contributed by atoms with Gasteiger partial charge in [-0.15, -0.1) is 0 Å². The Morgan fingerprint density at radius 3 is 2.38 bits per heavy atom. The quantitative estimate of drug-likeness (QED) is 0.297. The minimum absolute atomic E-state index is 0.198.